The zero-order valence-corrected chi connectivity index (χ0v) is 16.1. The van der Waals surface area contributed by atoms with E-state index >= 15 is 0 Å². The van der Waals surface area contributed by atoms with Crippen molar-refractivity contribution in [2.45, 2.75) is 52.1 Å². The minimum atomic E-state index is 0.0305. The SMILES string of the molecule is CCN1Cc2nc(OC)c(CNc3nc(C)cc(C4CCC4)n3)cc2C1=O. The van der Waals surface area contributed by atoms with Gasteiger partial charge in [0, 0.05) is 36.0 Å². The van der Waals surface area contributed by atoms with Crippen LogP contribution in [0.1, 0.15) is 65.1 Å². The molecule has 2 aliphatic rings. The summed E-state index contributed by atoms with van der Waals surface area (Å²) in [5, 5.41) is 3.28. The molecule has 1 amide bonds. The minimum Gasteiger partial charge on any atom is -0.481 e. The van der Waals surface area contributed by atoms with Crippen molar-refractivity contribution < 1.29 is 9.53 Å². The Morgan fingerprint density at radius 1 is 1.26 bits per heavy atom. The van der Waals surface area contributed by atoms with Gasteiger partial charge in [-0.2, -0.15) is 0 Å². The third-order valence-corrected chi connectivity index (χ3v) is 5.41. The number of carbonyl (C=O) groups is 1. The molecule has 0 radical (unpaired) electrons. The van der Waals surface area contributed by atoms with Gasteiger partial charge in [-0.1, -0.05) is 6.42 Å². The van der Waals surface area contributed by atoms with E-state index in [0.717, 1.165) is 22.6 Å². The Morgan fingerprint density at radius 3 is 2.74 bits per heavy atom. The highest BCUT2D eigenvalue weighted by molar-refractivity contribution is 5.98. The second-order valence-electron chi connectivity index (χ2n) is 7.21. The van der Waals surface area contributed by atoms with E-state index < -0.39 is 0 Å². The molecule has 0 unspecified atom stereocenters. The fourth-order valence-corrected chi connectivity index (χ4v) is 3.62. The second kappa shape index (κ2) is 7.13. The third-order valence-electron chi connectivity index (χ3n) is 5.41. The smallest absolute Gasteiger partial charge is 0.256 e. The molecule has 1 aliphatic carbocycles. The first-order chi connectivity index (χ1) is 13.1. The molecule has 0 spiro atoms. The number of hydrogen-bond acceptors (Lipinski definition) is 6. The molecule has 1 aliphatic heterocycles. The number of carbonyl (C=O) groups excluding carboxylic acids is 1. The molecule has 142 valence electrons. The normalized spacial score (nSPS) is 16.3. The van der Waals surface area contributed by atoms with E-state index in [-0.39, 0.29) is 5.91 Å². The maximum atomic E-state index is 12.5. The number of fused-ring (bicyclic) bond motifs is 1. The number of aryl methyl sites for hydroxylation is 1. The first kappa shape index (κ1) is 17.7. The summed E-state index contributed by atoms with van der Waals surface area (Å²) >= 11 is 0. The van der Waals surface area contributed by atoms with Crippen molar-refractivity contribution in [1.29, 1.82) is 0 Å². The van der Waals surface area contributed by atoms with E-state index in [2.05, 4.69) is 26.3 Å². The maximum Gasteiger partial charge on any atom is 0.256 e. The molecule has 1 fully saturated rings. The lowest BCUT2D eigenvalue weighted by Gasteiger charge is -2.25. The Hall–Kier alpha value is -2.70. The van der Waals surface area contributed by atoms with Crippen LogP contribution in [0.15, 0.2) is 12.1 Å². The number of aromatic nitrogens is 3. The highest BCUT2D eigenvalue weighted by Gasteiger charge is 2.29. The van der Waals surface area contributed by atoms with Gasteiger partial charge >= 0.3 is 0 Å². The summed E-state index contributed by atoms with van der Waals surface area (Å²) in [5.74, 6) is 1.74. The molecule has 0 aromatic carbocycles. The first-order valence-electron chi connectivity index (χ1n) is 9.54. The van der Waals surface area contributed by atoms with E-state index in [9.17, 15) is 4.79 Å². The number of methoxy groups -OCH3 is 1. The zero-order chi connectivity index (χ0) is 19.0. The molecule has 3 heterocycles. The van der Waals surface area contributed by atoms with Crippen molar-refractivity contribution in [3.8, 4) is 5.88 Å². The predicted octanol–water partition coefficient (Wildman–Crippen LogP) is 3.04. The number of pyridine rings is 1. The van der Waals surface area contributed by atoms with Crippen molar-refractivity contribution in [2.75, 3.05) is 19.0 Å². The number of amides is 1. The van der Waals surface area contributed by atoms with Gasteiger partial charge in [0.25, 0.3) is 5.91 Å². The first-order valence-corrected chi connectivity index (χ1v) is 9.54. The number of ether oxygens (including phenoxy) is 1. The average molecular weight is 367 g/mol. The summed E-state index contributed by atoms with van der Waals surface area (Å²) in [5.41, 5.74) is 4.35. The van der Waals surface area contributed by atoms with Crippen molar-refractivity contribution in [1.82, 2.24) is 19.9 Å². The van der Waals surface area contributed by atoms with Gasteiger partial charge < -0.3 is 15.0 Å². The van der Waals surface area contributed by atoms with Crippen LogP contribution in [0.5, 0.6) is 5.88 Å². The molecule has 27 heavy (non-hydrogen) atoms. The largest absolute Gasteiger partial charge is 0.481 e. The number of hydrogen-bond donors (Lipinski definition) is 1. The summed E-state index contributed by atoms with van der Waals surface area (Å²) in [6, 6.07) is 3.96. The van der Waals surface area contributed by atoms with Crippen molar-refractivity contribution in [3.05, 3.63) is 40.3 Å². The number of anilines is 1. The lowest BCUT2D eigenvalue weighted by atomic mass is 9.83. The van der Waals surface area contributed by atoms with E-state index in [4.69, 9.17) is 4.74 Å². The van der Waals surface area contributed by atoms with Crippen LogP contribution in [0.25, 0.3) is 0 Å². The quantitative estimate of drug-likeness (QED) is 0.845. The molecule has 4 rings (SSSR count). The number of rotatable bonds is 6. The van der Waals surface area contributed by atoms with Gasteiger partial charge in [-0.25, -0.2) is 15.0 Å². The van der Waals surface area contributed by atoms with Crippen LogP contribution in [-0.4, -0.2) is 39.4 Å². The van der Waals surface area contributed by atoms with Gasteiger partial charge in [0.2, 0.25) is 11.8 Å². The van der Waals surface area contributed by atoms with Crippen molar-refractivity contribution in [3.63, 3.8) is 0 Å². The summed E-state index contributed by atoms with van der Waals surface area (Å²) in [7, 11) is 1.60. The molecular weight excluding hydrogens is 342 g/mol. The van der Waals surface area contributed by atoms with Crippen LogP contribution < -0.4 is 10.1 Å². The topological polar surface area (TPSA) is 80.2 Å². The number of nitrogens with zero attached hydrogens (tertiary/aromatic N) is 4. The lowest BCUT2D eigenvalue weighted by molar-refractivity contribution is 0.0786. The lowest BCUT2D eigenvalue weighted by Crippen LogP contribution is -2.23. The highest BCUT2D eigenvalue weighted by atomic mass is 16.5. The third kappa shape index (κ3) is 3.34. The van der Waals surface area contributed by atoms with Gasteiger partial charge in [-0.3, -0.25) is 4.79 Å². The Bertz CT molecular complexity index is 879. The van der Waals surface area contributed by atoms with Crippen LogP contribution in [0.4, 0.5) is 5.95 Å². The minimum absolute atomic E-state index is 0.0305. The molecule has 0 saturated heterocycles. The summed E-state index contributed by atoms with van der Waals surface area (Å²) in [6.07, 6.45) is 3.68. The second-order valence-corrected chi connectivity index (χ2v) is 7.21. The standard InChI is InChI=1S/C20H25N5O2/c1-4-25-11-17-15(19(25)26)9-14(18(23-17)27-3)10-21-20-22-12(2)8-16(24-20)13-6-5-7-13/h8-9,13H,4-7,10-11H2,1-3H3,(H,21,22,24). The molecule has 7 heteroatoms. The predicted molar refractivity (Wildman–Crippen MR) is 102 cm³/mol. The number of nitrogens with one attached hydrogen (secondary N) is 1. The van der Waals surface area contributed by atoms with E-state index in [0.29, 0.717) is 42.9 Å². The fraction of sp³-hybridized carbons (Fsp3) is 0.500. The van der Waals surface area contributed by atoms with Crippen LogP contribution in [0.2, 0.25) is 0 Å². The Morgan fingerprint density at radius 2 is 2.07 bits per heavy atom. The monoisotopic (exact) mass is 367 g/mol. The van der Waals surface area contributed by atoms with Gasteiger partial charge in [0.15, 0.2) is 0 Å². The van der Waals surface area contributed by atoms with Crippen LogP contribution >= 0.6 is 0 Å². The molecular formula is C20H25N5O2. The summed E-state index contributed by atoms with van der Waals surface area (Å²) in [6.45, 7) is 5.63. The van der Waals surface area contributed by atoms with E-state index in [1.54, 1.807) is 12.0 Å². The van der Waals surface area contributed by atoms with Gasteiger partial charge in [0.05, 0.1) is 24.9 Å². The summed E-state index contributed by atoms with van der Waals surface area (Å²) < 4.78 is 5.45. The Labute approximate surface area is 159 Å². The van der Waals surface area contributed by atoms with Gasteiger partial charge in [-0.05, 0) is 38.8 Å². The highest BCUT2D eigenvalue weighted by Crippen LogP contribution is 2.35. The maximum absolute atomic E-state index is 12.5. The molecule has 1 saturated carbocycles. The van der Waals surface area contributed by atoms with Gasteiger partial charge in [-0.15, -0.1) is 0 Å². The summed E-state index contributed by atoms with van der Waals surface area (Å²) in [4.78, 5) is 28.0. The van der Waals surface area contributed by atoms with Crippen LogP contribution in [-0.2, 0) is 13.1 Å². The van der Waals surface area contributed by atoms with E-state index in [1.807, 2.05) is 19.9 Å². The molecule has 1 N–H and O–H groups in total. The molecule has 0 bridgehead atoms. The molecule has 0 atom stereocenters. The molecule has 7 nitrogen and oxygen atoms in total. The van der Waals surface area contributed by atoms with Crippen LogP contribution in [0.3, 0.4) is 0 Å². The Balaban J connectivity index is 1.56. The van der Waals surface area contributed by atoms with E-state index in [1.165, 1.54) is 19.3 Å². The van der Waals surface area contributed by atoms with Gasteiger partial charge in [0.1, 0.15) is 0 Å². The Kier molecular flexibility index (Phi) is 4.68. The molecule has 2 aromatic heterocycles. The molecule has 2 aromatic rings. The van der Waals surface area contributed by atoms with Crippen LogP contribution in [0, 0.1) is 6.92 Å². The zero-order valence-electron chi connectivity index (χ0n) is 16.1. The van der Waals surface area contributed by atoms with Crippen molar-refractivity contribution >= 4 is 11.9 Å². The van der Waals surface area contributed by atoms with Crippen molar-refractivity contribution in [2.24, 2.45) is 0 Å². The fourth-order valence-electron chi connectivity index (χ4n) is 3.62. The average Bonchev–Trinajstić information content (AvgIpc) is 2.92.